The molecule has 0 saturated heterocycles. The van der Waals surface area contributed by atoms with Gasteiger partial charge >= 0.3 is 0 Å². The van der Waals surface area contributed by atoms with E-state index in [0.717, 1.165) is 0 Å². The fraction of sp³-hybridized carbons (Fsp3) is 0.294. The molecule has 2 aromatic rings. The van der Waals surface area contributed by atoms with Crippen LogP contribution in [0.2, 0.25) is 13.1 Å². The van der Waals surface area contributed by atoms with Gasteiger partial charge in [-0.05, 0) is 41.3 Å². The van der Waals surface area contributed by atoms with Crippen molar-refractivity contribution in [3.63, 3.8) is 0 Å². The predicted molar refractivity (Wildman–Crippen MR) is 82.6 cm³/mol. The third-order valence-corrected chi connectivity index (χ3v) is 5.89. The molecule has 0 aromatic heterocycles. The smallest absolute Gasteiger partial charge is 0.0551 e. The molecular weight excluding hydrogens is 232 g/mol. The van der Waals surface area contributed by atoms with Crippen molar-refractivity contribution in [2.24, 2.45) is 0 Å². The summed E-state index contributed by atoms with van der Waals surface area (Å²) < 4.78 is 0. The topological polar surface area (TPSA) is 0 Å². The molecule has 2 aromatic carbocycles. The van der Waals surface area contributed by atoms with Crippen molar-refractivity contribution in [3.05, 3.63) is 52.6 Å². The van der Waals surface area contributed by atoms with E-state index in [1.165, 1.54) is 21.9 Å². The van der Waals surface area contributed by atoms with E-state index in [9.17, 15) is 0 Å². The molecule has 0 heterocycles. The maximum atomic E-state index is 2.42. The van der Waals surface area contributed by atoms with Gasteiger partial charge in [0.1, 0.15) is 0 Å². The van der Waals surface area contributed by atoms with Crippen molar-refractivity contribution in [1.82, 2.24) is 0 Å². The van der Waals surface area contributed by atoms with Crippen molar-refractivity contribution in [3.8, 4) is 0 Å². The summed E-state index contributed by atoms with van der Waals surface area (Å²) in [5, 5.41) is 2.79. The second-order valence-electron chi connectivity index (χ2n) is 5.69. The Morgan fingerprint density at radius 2 is 1.72 bits per heavy atom. The first-order valence-electron chi connectivity index (χ1n) is 6.59. The number of benzene rings is 2. The summed E-state index contributed by atoms with van der Waals surface area (Å²) in [6.45, 7) is 9.31. The Hall–Kier alpha value is -1.34. The summed E-state index contributed by atoms with van der Waals surface area (Å²) in [6, 6.07) is 11.4. The summed E-state index contributed by atoms with van der Waals surface area (Å²) in [6.07, 6.45) is 2.42. The Bertz CT molecular complexity index is 650. The molecule has 0 nitrogen and oxygen atoms in total. The first-order chi connectivity index (χ1) is 8.58. The van der Waals surface area contributed by atoms with Crippen LogP contribution in [0.3, 0.4) is 0 Å². The Balaban J connectivity index is 2.31. The summed E-state index contributed by atoms with van der Waals surface area (Å²) in [7, 11) is -0.319. The largest absolute Gasteiger partial charge is 0.0705 e. The fourth-order valence-corrected chi connectivity index (χ4v) is 5.08. The van der Waals surface area contributed by atoms with Crippen LogP contribution < -0.4 is 0 Å². The molecule has 1 atom stereocenters. The van der Waals surface area contributed by atoms with E-state index in [1.807, 2.05) is 0 Å². The van der Waals surface area contributed by atoms with Gasteiger partial charge in [-0.2, -0.15) is 0 Å². The molecule has 1 aliphatic carbocycles. The lowest BCUT2D eigenvalue weighted by Crippen LogP contribution is -2.15. The quantitative estimate of drug-likeness (QED) is 0.630. The minimum absolute atomic E-state index is 0.319. The molecule has 0 aliphatic heterocycles. The highest BCUT2D eigenvalue weighted by atomic mass is 28.3. The molecule has 0 bridgehead atoms. The van der Waals surface area contributed by atoms with Gasteiger partial charge in [0.05, 0.1) is 8.80 Å². The maximum absolute atomic E-state index is 2.42. The van der Waals surface area contributed by atoms with Crippen LogP contribution in [0.5, 0.6) is 0 Å². The molecule has 0 amide bonds. The molecular formula is C17H19Si. The van der Waals surface area contributed by atoms with Crippen LogP contribution in [0.25, 0.3) is 16.8 Å². The zero-order chi connectivity index (χ0) is 12.9. The predicted octanol–water partition coefficient (Wildman–Crippen LogP) is 4.94. The number of hydrogen-bond donors (Lipinski definition) is 0. The molecule has 0 N–H and O–H groups in total. The number of rotatable bonds is 1. The lowest BCUT2D eigenvalue weighted by molar-refractivity contribution is 1.11. The number of aryl methyl sites for hydroxylation is 1. The molecule has 3 rings (SSSR count). The van der Waals surface area contributed by atoms with Gasteiger partial charge in [-0.25, -0.2) is 0 Å². The molecule has 18 heavy (non-hydrogen) atoms. The molecule has 1 heteroatoms. The summed E-state index contributed by atoms with van der Waals surface area (Å²) in [4.78, 5) is 0. The molecule has 0 fully saturated rings. The highest BCUT2D eigenvalue weighted by Crippen LogP contribution is 2.41. The highest BCUT2D eigenvalue weighted by molar-refractivity contribution is 6.58. The Morgan fingerprint density at radius 3 is 2.44 bits per heavy atom. The van der Waals surface area contributed by atoms with Gasteiger partial charge < -0.3 is 0 Å². The minimum atomic E-state index is -0.319. The van der Waals surface area contributed by atoms with Gasteiger partial charge in [-0.3, -0.25) is 0 Å². The van der Waals surface area contributed by atoms with Crippen molar-refractivity contribution < 1.29 is 0 Å². The molecule has 1 radical (unpaired) electrons. The van der Waals surface area contributed by atoms with Gasteiger partial charge in [0.2, 0.25) is 0 Å². The molecule has 1 unspecified atom stereocenters. The van der Waals surface area contributed by atoms with E-state index in [4.69, 9.17) is 0 Å². The summed E-state index contributed by atoms with van der Waals surface area (Å²) in [5.41, 5.74) is 6.64. The summed E-state index contributed by atoms with van der Waals surface area (Å²) in [5.74, 6) is 0. The van der Waals surface area contributed by atoms with Gasteiger partial charge in [0.15, 0.2) is 0 Å². The third kappa shape index (κ3) is 1.65. The van der Waals surface area contributed by atoms with Crippen molar-refractivity contribution in [2.75, 3.05) is 0 Å². The van der Waals surface area contributed by atoms with E-state index < -0.39 is 0 Å². The van der Waals surface area contributed by atoms with Crippen molar-refractivity contribution in [1.29, 1.82) is 0 Å². The van der Waals surface area contributed by atoms with E-state index in [1.54, 1.807) is 11.1 Å². The lowest BCUT2D eigenvalue weighted by Gasteiger charge is -2.17. The Labute approximate surface area is 111 Å². The van der Waals surface area contributed by atoms with Gasteiger partial charge in [0, 0.05) is 0 Å². The van der Waals surface area contributed by atoms with Crippen LogP contribution in [-0.2, 0) is 0 Å². The Kier molecular flexibility index (Phi) is 2.67. The monoisotopic (exact) mass is 251 g/mol. The average molecular weight is 251 g/mol. The van der Waals surface area contributed by atoms with Gasteiger partial charge in [-0.15, -0.1) is 0 Å². The van der Waals surface area contributed by atoms with E-state index in [0.29, 0.717) is 5.54 Å². The van der Waals surface area contributed by atoms with E-state index in [2.05, 4.69) is 63.3 Å². The van der Waals surface area contributed by atoms with Crippen molar-refractivity contribution >= 4 is 25.6 Å². The highest BCUT2D eigenvalue weighted by Gasteiger charge is 2.26. The normalized spacial score (nSPS) is 18.3. The maximum Gasteiger partial charge on any atom is 0.0551 e. The number of allylic oxidation sites excluding steroid dienone is 1. The van der Waals surface area contributed by atoms with Gasteiger partial charge in [-0.1, -0.05) is 60.6 Å². The second-order valence-corrected chi connectivity index (χ2v) is 8.42. The zero-order valence-electron chi connectivity index (χ0n) is 11.5. The molecule has 0 saturated carbocycles. The SMILES string of the molecule is CC1=Cc2c(ccc3ccc(C)cc23)C1[Si](C)C. The minimum Gasteiger partial charge on any atom is -0.0705 e. The summed E-state index contributed by atoms with van der Waals surface area (Å²) >= 11 is 0. The number of hydrogen-bond acceptors (Lipinski definition) is 0. The zero-order valence-corrected chi connectivity index (χ0v) is 12.5. The average Bonchev–Trinajstić information content (AvgIpc) is 2.65. The molecule has 1 aliphatic rings. The van der Waals surface area contributed by atoms with Gasteiger partial charge in [0.25, 0.3) is 0 Å². The van der Waals surface area contributed by atoms with Crippen LogP contribution in [-0.4, -0.2) is 8.80 Å². The first-order valence-corrected chi connectivity index (χ1v) is 9.17. The fourth-order valence-electron chi connectivity index (χ4n) is 3.21. The van der Waals surface area contributed by atoms with Crippen LogP contribution in [0.4, 0.5) is 0 Å². The lowest BCUT2D eigenvalue weighted by atomic mass is 9.99. The van der Waals surface area contributed by atoms with Crippen LogP contribution in [0.15, 0.2) is 35.9 Å². The van der Waals surface area contributed by atoms with Crippen LogP contribution >= 0.6 is 0 Å². The van der Waals surface area contributed by atoms with Crippen LogP contribution in [0, 0.1) is 6.92 Å². The second kappa shape index (κ2) is 4.10. The first kappa shape index (κ1) is 11.7. The van der Waals surface area contributed by atoms with Crippen molar-refractivity contribution in [2.45, 2.75) is 32.5 Å². The Morgan fingerprint density at radius 1 is 1.00 bits per heavy atom. The van der Waals surface area contributed by atoms with E-state index >= 15 is 0 Å². The standard InChI is InChI=1S/C17H19Si/c1-11-5-6-13-7-8-14-16(15(13)9-11)10-12(2)17(14)18(3)4/h5-10,17H,1-4H3. The third-order valence-electron chi connectivity index (χ3n) is 3.97. The van der Waals surface area contributed by atoms with E-state index in [-0.39, 0.29) is 8.80 Å². The van der Waals surface area contributed by atoms with Crippen LogP contribution in [0.1, 0.15) is 29.2 Å². The number of fused-ring (bicyclic) bond motifs is 3. The molecule has 0 spiro atoms. The molecule has 91 valence electrons.